The number of benzene rings is 2. The van der Waals surface area contributed by atoms with Gasteiger partial charge in [-0.25, -0.2) is 0 Å². The minimum absolute atomic E-state index is 0.100. The number of amides is 1. The predicted octanol–water partition coefficient (Wildman–Crippen LogP) is 3.52. The number of rotatable bonds is 8. The van der Waals surface area contributed by atoms with E-state index in [4.69, 9.17) is 9.47 Å². The van der Waals surface area contributed by atoms with Crippen LogP contribution in [-0.4, -0.2) is 25.7 Å². The highest BCUT2D eigenvalue weighted by atomic mass is 16.5. The van der Waals surface area contributed by atoms with E-state index in [0.717, 1.165) is 29.7 Å². The van der Waals surface area contributed by atoms with E-state index in [1.165, 1.54) is 0 Å². The molecule has 0 aromatic heterocycles. The lowest BCUT2D eigenvalue weighted by Gasteiger charge is -2.15. The summed E-state index contributed by atoms with van der Waals surface area (Å²) in [7, 11) is 1.67. The summed E-state index contributed by atoms with van der Waals surface area (Å²) in [6, 6.07) is 15.6. The first-order chi connectivity index (χ1) is 11.6. The molecule has 128 valence electrons. The number of hydrogen-bond acceptors (Lipinski definition) is 3. The highest BCUT2D eigenvalue weighted by Crippen LogP contribution is 2.18. The molecule has 0 spiro atoms. The van der Waals surface area contributed by atoms with Gasteiger partial charge in [-0.15, -0.1) is 0 Å². The molecule has 0 radical (unpaired) electrons. The Hall–Kier alpha value is -2.49. The number of para-hydroxylation sites is 1. The lowest BCUT2D eigenvalue weighted by atomic mass is 10.1. The van der Waals surface area contributed by atoms with E-state index >= 15 is 0 Å². The van der Waals surface area contributed by atoms with Crippen LogP contribution < -0.4 is 14.8 Å². The fourth-order valence-corrected chi connectivity index (χ4v) is 2.49. The summed E-state index contributed by atoms with van der Waals surface area (Å²) in [4.78, 5) is 12.1. The SMILES string of the molecule is COc1ccccc1CCCNC(=O)[C@@H](C)Oc1cccc(C)c1. The molecule has 0 aliphatic heterocycles. The van der Waals surface area contributed by atoms with Crippen molar-refractivity contribution in [1.82, 2.24) is 5.32 Å². The maximum Gasteiger partial charge on any atom is 0.260 e. The van der Waals surface area contributed by atoms with Gasteiger partial charge in [0.05, 0.1) is 7.11 Å². The van der Waals surface area contributed by atoms with Crippen LogP contribution in [0.5, 0.6) is 11.5 Å². The van der Waals surface area contributed by atoms with Crippen LogP contribution in [0.4, 0.5) is 0 Å². The zero-order valence-corrected chi connectivity index (χ0v) is 14.5. The lowest BCUT2D eigenvalue weighted by molar-refractivity contribution is -0.127. The molecule has 1 amide bonds. The van der Waals surface area contributed by atoms with Gasteiger partial charge < -0.3 is 14.8 Å². The molecular formula is C20H25NO3. The smallest absolute Gasteiger partial charge is 0.260 e. The molecule has 0 heterocycles. The summed E-state index contributed by atoms with van der Waals surface area (Å²) in [5.41, 5.74) is 2.26. The van der Waals surface area contributed by atoms with E-state index in [9.17, 15) is 4.79 Å². The van der Waals surface area contributed by atoms with Crippen molar-refractivity contribution >= 4 is 5.91 Å². The fraction of sp³-hybridized carbons (Fsp3) is 0.350. The molecule has 2 aromatic rings. The summed E-state index contributed by atoms with van der Waals surface area (Å²) in [6.07, 6.45) is 1.19. The van der Waals surface area contributed by atoms with Gasteiger partial charge in [-0.05, 0) is 56.0 Å². The first-order valence-electron chi connectivity index (χ1n) is 8.23. The second-order valence-corrected chi connectivity index (χ2v) is 5.78. The maximum absolute atomic E-state index is 12.1. The molecule has 0 unspecified atom stereocenters. The monoisotopic (exact) mass is 327 g/mol. The Morgan fingerprint density at radius 2 is 1.96 bits per heavy atom. The average Bonchev–Trinajstić information content (AvgIpc) is 2.58. The van der Waals surface area contributed by atoms with Crippen LogP contribution in [-0.2, 0) is 11.2 Å². The molecular weight excluding hydrogens is 302 g/mol. The van der Waals surface area contributed by atoms with Crippen molar-refractivity contribution in [1.29, 1.82) is 0 Å². The Labute approximate surface area is 143 Å². The second-order valence-electron chi connectivity index (χ2n) is 5.78. The molecule has 0 aliphatic rings. The zero-order chi connectivity index (χ0) is 17.4. The molecule has 0 saturated carbocycles. The van der Waals surface area contributed by atoms with Crippen molar-refractivity contribution in [2.45, 2.75) is 32.8 Å². The third kappa shape index (κ3) is 5.30. The molecule has 0 bridgehead atoms. The van der Waals surface area contributed by atoms with Crippen molar-refractivity contribution in [2.75, 3.05) is 13.7 Å². The second kappa shape index (κ2) is 8.96. The van der Waals surface area contributed by atoms with Crippen molar-refractivity contribution in [3.05, 3.63) is 59.7 Å². The van der Waals surface area contributed by atoms with E-state index in [1.807, 2.05) is 55.5 Å². The third-order valence-corrected chi connectivity index (χ3v) is 3.79. The zero-order valence-electron chi connectivity index (χ0n) is 14.5. The molecule has 24 heavy (non-hydrogen) atoms. The molecule has 0 aliphatic carbocycles. The summed E-state index contributed by atoms with van der Waals surface area (Å²) in [5, 5.41) is 2.92. The average molecular weight is 327 g/mol. The van der Waals surface area contributed by atoms with Gasteiger partial charge in [0.25, 0.3) is 5.91 Å². The fourth-order valence-electron chi connectivity index (χ4n) is 2.49. The molecule has 0 saturated heterocycles. The van der Waals surface area contributed by atoms with Crippen LogP contribution in [0.25, 0.3) is 0 Å². The van der Waals surface area contributed by atoms with Gasteiger partial charge in [0.2, 0.25) is 0 Å². The largest absolute Gasteiger partial charge is 0.496 e. The van der Waals surface area contributed by atoms with Gasteiger partial charge in [-0.2, -0.15) is 0 Å². The molecule has 4 nitrogen and oxygen atoms in total. The number of carbonyl (C=O) groups excluding carboxylic acids is 1. The van der Waals surface area contributed by atoms with Crippen molar-refractivity contribution in [3.63, 3.8) is 0 Å². The summed E-state index contributed by atoms with van der Waals surface area (Å²) < 4.78 is 11.0. The first kappa shape index (κ1) is 17.9. The Kier molecular flexibility index (Phi) is 6.67. The number of nitrogens with one attached hydrogen (secondary N) is 1. The van der Waals surface area contributed by atoms with Gasteiger partial charge >= 0.3 is 0 Å². The van der Waals surface area contributed by atoms with Crippen LogP contribution >= 0.6 is 0 Å². The number of ether oxygens (including phenoxy) is 2. The van der Waals surface area contributed by atoms with E-state index < -0.39 is 6.10 Å². The minimum Gasteiger partial charge on any atom is -0.496 e. The van der Waals surface area contributed by atoms with Gasteiger partial charge in [-0.1, -0.05) is 30.3 Å². The van der Waals surface area contributed by atoms with Gasteiger partial charge in [0.15, 0.2) is 6.10 Å². The molecule has 2 rings (SSSR count). The third-order valence-electron chi connectivity index (χ3n) is 3.79. The van der Waals surface area contributed by atoms with Crippen molar-refractivity contribution < 1.29 is 14.3 Å². The number of methoxy groups -OCH3 is 1. The Balaban J connectivity index is 1.74. The highest BCUT2D eigenvalue weighted by molar-refractivity contribution is 5.80. The normalized spacial score (nSPS) is 11.6. The molecule has 1 N–H and O–H groups in total. The maximum atomic E-state index is 12.1. The molecule has 4 heteroatoms. The highest BCUT2D eigenvalue weighted by Gasteiger charge is 2.14. The van der Waals surface area contributed by atoms with Gasteiger partial charge in [0, 0.05) is 6.54 Å². The van der Waals surface area contributed by atoms with Crippen LogP contribution in [0.1, 0.15) is 24.5 Å². The lowest BCUT2D eigenvalue weighted by Crippen LogP contribution is -2.36. The molecule has 2 aromatic carbocycles. The standard InChI is InChI=1S/C20H25NO3/c1-15-8-6-11-18(14-15)24-16(2)20(22)21-13-7-10-17-9-4-5-12-19(17)23-3/h4-6,8-9,11-12,14,16H,7,10,13H2,1-3H3,(H,21,22)/t16-/m1/s1. The van der Waals surface area contributed by atoms with Gasteiger partial charge in [0.1, 0.15) is 11.5 Å². The Morgan fingerprint density at radius 1 is 1.17 bits per heavy atom. The van der Waals surface area contributed by atoms with Crippen molar-refractivity contribution in [2.24, 2.45) is 0 Å². The number of aryl methyl sites for hydroxylation is 2. The quantitative estimate of drug-likeness (QED) is 0.755. The number of carbonyl (C=O) groups is 1. The van der Waals surface area contributed by atoms with E-state index in [2.05, 4.69) is 5.32 Å². The molecule has 1 atom stereocenters. The van der Waals surface area contributed by atoms with Crippen LogP contribution in [0.3, 0.4) is 0 Å². The van der Waals surface area contributed by atoms with Crippen molar-refractivity contribution in [3.8, 4) is 11.5 Å². The van der Waals surface area contributed by atoms with Crippen LogP contribution in [0.15, 0.2) is 48.5 Å². The predicted molar refractivity (Wildman–Crippen MR) is 95.6 cm³/mol. The topological polar surface area (TPSA) is 47.6 Å². The summed E-state index contributed by atoms with van der Waals surface area (Å²) in [6.45, 7) is 4.37. The summed E-state index contributed by atoms with van der Waals surface area (Å²) >= 11 is 0. The first-order valence-corrected chi connectivity index (χ1v) is 8.23. The van der Waals surface area contributed by atoms with E-state index in [0.29, 0.717) is 12.3 Å². The Morgan fingerprint density at radius 3 is 2.71 bits per heavy atom. The van der Waals surface area contributed by atoms with E-state index in [1.54, 1.807) is 14.0 Å². The van der Waals surface area contributed by atoms with Gasteiger partial charge in [-0.3, -0.25) is 4.79 Å². The molecule has 0 fully saturated rings. The Bertz CT molecular complexity index is 669. The van der Waals surface area contributed by atoms with Crippen LogP contribution in [0.2, 0.25) is 0 Å². The minimum atomic E-state index is -0.516. The number of hydrogen-bond donors (Lipinski definition) is 1. The van der Waals surface area contributed by atoms with E-state index in [-0.39, 0.29) is 5.91 Å². The summed E-state index contributed by atoms with van der Waals surface area (Å²) in [5.74, 6) is 1.50. The van der Waals surface area contributed by atoms with Crippen LogP contribution in [0, 0.1) is 6.92 Å².